The van der Waals surface area contributed by atoms with Crippen molar-refractivity contribution in [3.05, 3.63) is 52.0 Å². The average Bonchev–Trinajstić information content (AvgIpc) is 2.77. The van der Waals surface area contributed by atoms with Gasteiger partial charge in [0.2, 0.25) is 0 Å². The van der Waals surface area contributed by atoms with E-state index in [1.807, 2.05) is 26.4 Å². The van der Waals surface area contributed by atoms with E-state index in [0.29, 0.717) is 0 Å². The van der Waals surface area contributed by atoms with Crippen molar-refractivity contribution in [1.82, 2.24) is 15.1 Å². The zero-order valence-electron chi connectivity index (χ0n) is 11.0. The molecule has 0 saturated heterocycles. The zero-order chi connectivity index (χ0) is 13.8. The van der Waals surface area contributed by atoms with Crippen molar-refractivity contribution in [3.8, 4) is 0 Å². The summed E-state index contributed by atoms with van der Waals surface area (Å²) in [6, 6.07) is 4.85. The van der Waals surface area contributed by atoms with Crippen LogP contribution in [0.25, 0.3) is 0 Å². The van der Waals surface area contributed by atoms with Gasteiger partial charge in [0.05, 0.1) is 6.20 Å². The molecular formula is C14H17BrFN3. The van der Waals surface area contributed by atoms with Gasteiger partial charge in [-0.1, -0.05) is 22.9 Å². The Balaban J connectivity index is 2.26. The van der Waals surface area contributed by atoms with Crippen LogP contribution in [0.4, 0.5) is 4.39 Å². The maximum Gasteiger partial charge on any atom is 0.123 e. The van der Waals surface area contributed by atoms with E-state index in [1.165, 1.54) is 6.07 Å². The fourth-order valence-electron chi connectivity index (χ4n) is 2.13. The summed E-state index contributed by atoms with van der Waals surface area (Å²) in [5.41, 5.74) is 2.07. The van der Waals surface area contributed by atoms with Crippen LogP contribution < -0.4 is 5.32 Å². The number of benzene rings is 1. The number of aromatic nitrogens is 2. The van der Waals surface area contributed by atoms with Crippen molar-refractivity contribution in [1.29, 1.82) is 0 Å². The largest absolute Gasteiger partial charge is 0.310 e. The second kappa shape index (κ2) is 6.30. The first-order chi connectivity index (χ1) is 9.10. The standard InChI is InChI=1S/C14H17BrFN3/c1-3-17-14(6-10-8-18-19(2)9-10)12-7-11(16)4-5-13(12)15/h4-5,7-9,14,17H,3,6H2,1-2H3. The van der Waals surface area contributed by atoms with Crippen molar-refractivity contribution in [3.63, 3.8) is 0 Å². The third-order valence-corrected chi connectivity index (χ3v) is 3.70. The van der Waals surface area contributed by atoms with Crippen molar-refractivity contribution in [2.24, 2.45) is 7.05 Å². The molecule has 1 atom stereocenters. The SMILES string of the molecule is CCNC(Cc1cnn(C)c1)c1cc(F)ccc1Br. The van der Waals surface area contributed by atoms with Crippen LogP contribution in [0.2, 0.25) is 0 Å². The molecule has 0 aliphatic heterocycles. The Hall–Kier alpha value is -1.20. The molecule has 2 aromatic rings. The van der Waals surface area contributed by atoms with Crippen LogP contribution >= 0.6 is 15.9 Å². The van der Waals surface area contributed by atoms with Crippen LogP contribution in [0.1, 0.15) is 24.1 Å². The lowest BCUT2D eigenvalue weighted by Crippen LogP contribution is -2.23. The van der Waals surface area contributed by atoms with E-state index >= 15 is 0 Å². The molecule has 0 saturated carbocycles. The zero-order valence-corrected chi connectivity index (χ0v) is 12.6. The molecule has 0 spiro atoms. The summed E-state index contributed by atoms with van der Waals surface area (Å²) < 4.78 is 16.1. The van der Waals surface area contributed by atoms with E-state index < -0.39 is 0 Å². The molecule has 1 aromatic heterocycles. The Morgan fingerprint density at radius 1 is 1.47 bits per heavy atom. The van der Waals surface area contributed by atoms with Gasteiger partial charge in [-0.15, -0.1) is 0 Å². The topological polar surface area (TPSA) is 29.9 Å². The number of aryl methyl sites for hydroxylation is 1. The molecule has 3 nitrogen and oxygen atoms in total. The molecule has 0 amide bonds. The molecular weight excluding hydrogens is 309 g/mol. The molecule has 0 fully saturated rings. The summed E-state index contributed by atoms with van der Waals surface area (Å²) in [5, 5.41) is 7.56. The van der Waals surface area contributed by atoms with Gasteiger partial charge in [0, 0.05) is 23.8 Å². The molecule has 0 aliphatic carbocycles. The number of rotatable bonds is 5. The lowest BCUT2D eigenvalue weighted by molar-refractivity contribution is 0.540. The second-order valence-corrected chi connectivity index (χ2v) is 5.36. The molecule has 0 aliphatic rings. The predicted molar refractivity (Wildman–Crippen MR) is 77.4 cm³/mol. The Kier molecular flexibility index (Phi) is 4.71. The Morgan fingerprint density at radius 2 is 2.26 bits per heavy atom. The van der Waals surface area contributed by atoms with E-state index in [1.54, 1.807) is 16.8 Å². The summed E-state index contributed by atoms with van der Waals surface area (Å²) in [5.74, 6) is -0.215. The van der Waals surface area contributed by atoms with Crippen molar-refractivity contribution in [2.75, 3.05) is 6.54 Å². The van der Waals surface area contributed by atoms with Gasteiger partial charge in [0.1, 0.15) is 5.82 Å². The van der Waals surface area contributed by atoms with E-state index in [-0.39, 0.29) is 11.9 Å². The molecule has 19 heavy (non-hydrogen) atoms. The van der Waals surface area contributed by atoms with Crippen LogP contribution in [0.3, 0.4) is 0 Å². The normalized spacial score (nSPS) is 12.6. The monoisotopic (exact) mass is 325 g/mol. The highest BCUT2D eigenvalue weighted by Gasteiger charge is 2.15. The van der Waals surface area contributed by atoms with Crippen molar-refractivity contribution >= 4 is 15.9 Å². The molecule has 2 rings (SSSR count). The Morgan fingerprint density at radius 3 is 2.89 bits per heavy atom. The van der Waals surface area contributed by atoms with E-state index in [0.717, 1.165) is 28.6 Å². The van der Waals surface area contributed by atoms with Crippen molar-refractivity contribution < 1.29 is 4.39 Å². The molecule has 102 valence electrons. The minimum Gasteiger partial charge on any atom is -0.310 e. The smallest absolute Gasteiger partial charge is 0.123 e. The molecule has 1 N–H and O–H groups in total. The Labute approximate surface area is 121 Å². The van der Waals surface area contributed by atoms with Crippen LogP contribution in [-0.4, -0.2) is 16.3 Å². The maximum absolute atomic E-state index is 13.4. The van der Waals surface area contributed by atoms with Gasteiger partial charge < -0.3 is 5.32 Å². The summed E-state index contributed by atoms with van der Waals surface area (Å²) in [7, 11) is 1.89. The highest BCUT2D eigenvalue weighted by molar-refractivity contribution is 9.10. The number of nitrogens with zero attached hydrogens (tertiary/aromatic N) is 2. The lowest BCUT2D eigenvalue weighted by atomic mass is 10.0. The minimum atomic E-state index is -0.215. The van der Waals surface area contributed by atoms with Crippen LogP contribution in [0, 0.1) is 5.82 Å². The number of likely N-dealkylation sites (N-methyl/N-ethyl adjacent to an activating group) is 1. The van der Waals surface area contributed by atoms with Gasteiger partial charge in [0.15, 0.2) is 0 Å². The fraction of sp³-hybridized carbons (Fsp3) is 0.357. The van der Waals surface area contributed by atoms with Gasteiger partial charge in [-0.2, -0.15) is 5.10 Å². The fourth-order valence-corrected chi connectivity index (χ4v) is 2.66. The van der Waals surface area contributed by atoms with Gasteiger partial charge >= 0.3 is 0 Å². The number of hydrogen-bond acceptors (Lipinski definition) is 2. The number of hydrogen-bond donors (Lipinski definition) is 1. The van der Waals surface area contributed by atoms with Crippen LogP contribution in [-0.2, 0) is 13.5 Å². The molecule has 0 bridgehead atoms. The van der Waals surface area contributed by atoms with Gasteiger partial charge in [-0.3, -0.25) is 4.68 Å². The first-order valence-electron chi connectivity index (χ1n) is 6.26. The van der Waals surface area contributed by atoms with Crippen LogP contribution in [0.5, 0.6) is 0 Å². The third kappa shape index (κ3) is 3.64. The summed E-state index contributed by atoms with van der Waals surface area (Å²) >= 11 is 3.49. The van der Waals surface area contributed by atoms with E-state index in [9.17, 15) is 4.39 Å². The molecule has 1 unspecified atom stereocenters. The molecule has 1 aromatic carbocycles. The van der Waals surface area contributed by atoms with E-state index in [4.69, 9.17) is 0 Å². The van der Waals surface area contributed by atoms with E-state index in [2.05, 4.69) is 26.3 Å². The third-order valence-electron chi connectivity index (χ3n) is 2.98. The van der Waals surface area contributed by atoms with Crippen molar-refractivity contribution in [2.45, 2.75) is 19.4 Å². The highest BCUT2D eigenvalue weighted by Crippen LogP contribution is 2.27. The molecule has 1 heterocycles. The van der Waals surface area contributed by atoms with Crippen LogP contribution in [0.15, 0.2) is 35.1 Å². The Bertz CT molecular complexity index is 553. The summed E-state index contributed by atoms with van der Waals surface area (Å²) in [6.07, 6.45) is 4.61. The first-order valence-corrected chi connectivity index (χ1v) is 7.05. The van der Waals surface area contributed by atoms with Gasteiger partial charge in [-0.25, -0.2) is 4.39 Å². The minimum absolute atomic E-state index is 0.0688. The highest BCUT2D eigenvalue weighted by atomic mass is 79.9. The number of nitrogens with one attached hydrogen (secondary N) is 1. The number of halogens is 2. The van der Waals surface area contributed by atoms with Gasteiger partial charge in [-0.05, 0) is 42.3 Å². The molecule has 5 heteroatoms. The van der Waals surface area contributed by atoms with Gasteiger partial charge in [0.25, 0.3) is 0 Å². The molecule has 0 radical (unpaired) electrons. The second-order valence-electron chi connectivity index (χ2n) is 4.50. The average molecular weight is 326 g/mol. The summed E-state index contributed by atoms with van der Waals surface area (Å²) in [4.78, 5) is 0. The first kappa shape index (κ1) is 14.2. The predicted octanol–water partition coefficient (Wildman–Crippen LogP) is 3.22. The quantitative estimate of drug-likeness (QED) is 0.914. The lowest BCUT2D eigenvalue weighted by Gasteiger charge is -2.19. The maximum atomic E-state index is 13.4. The summed E-state index contributed by atoms with van der Waals surface area (Å²) in [6.45, 7) is 2.87.